The van der Waals surface area contributed by atoms with E-state index in [4.69, 9.17) is 5.11 Å². The fourth-order valence-corrected chi connectivity index (χ4v) is 4.88. The van der Waals surface area contributed by atoms with E-state index in [1.165, 1.54) is 13.8 Å². The molecule has 24 heavy (non-hydrogen) atoms. The molecule has 134 valence electrons. The van der Waals surface area contributed by atoms with Gasteiger partial charge in [-0.3, -0.25) is 4.79 Å². The number of hydrogen-bond acceptors (Lipinski definition) is 3. The predicted molar refractivity (Wildman–Crippen MR) is 75.3 cm³/mol. The van der Waals surface area contributed by atoms with Gasteiger partial charge in [-0.15, -0.1) is 0 Å². The molecule has 2 atom stereocenters. The molecule has 5 nitrogen and oxygen atoms in total. The smallest absolute Gasteiger partial charge is 0.393 e. The van der Waals surface area contributed by atoms with Gasteiger partial charge < -0.3 is 5.11 Å². The second-order valence-corrected chi connectivity index (χ2v) is 7.66. The second-order valence-electron chi connectivity index (χ2n) is 5.78. The van der Waals surface area contributed by atoms with Gasteiger partial charge in [-0.2, -0.15) is 17.5 Å². The van der Waals surface area contributed by atoms with Gasteiger partial charge in [0.1, 0.15) is 5.82 Å². The Morgan fingerprint density at radius 2 is 1.71 bits per heavy atom. The van der Waals surface area contributed by atoms with Crippen LogP contribution in [-0.4, -0.2) is 43.1 Å². The highest BCUT2D eigenvalue weighted by Gasteiger charge is 2.55. The molecule has 0 spiro atoms. The van der Waals surface area contributed by atoms with Crippen LogP contribution in [-0.2, 0) is 14.8 Å². The van der Waals surface area contributed by atoms with Crippen LogP contribution in [0.2, 0.25) is 0 Å². The number of rotatable bonds is 3. The molecular formula is C14H15F4NO4S. The number of halogens is 4. The first-order valence-electron chi connectivity index (χ1n) is 6.92. The van der Waals surface area contributed by atoms with Crippen LogP contribution in [0.1, 0.15) is 11.1 Å². The minimum absolute atomic E-state index is 0.0508. The average Bonchev–Trinajstić information content (AvgIpc) is 2.82. The Morgan fingerprint density at radius 1 is 1.21 bits per heavy atom. The fraction of sp³-hybridized carbons (Fsp3) is 0.500. The van der Waals surface area contributed by atoms with Gasteiger partial charge in [-0.1, -0.05) is 0 Å². The van der Waals surface area contributed by atoms with E-state index in [2.05, 4.69) is 0 Å². The molecule has 0 aromatic heterocycles. The molecule has 1 fully saturated rings. The number of alkyl halides is 3. The zero-order valence-electron chi connectivity index (χ0n) is 12.8. The number of aryl methyl sites for hydroxylation is 2. The quantitative estimate of drug-likeness (QED) is 0.830. The van der Waals surface area contributed by atoms with Crippen LogP contribution in [0.15, 0.2) is 17.0 Å². The summed E-state index contributed by atoms with van der Waals surface area (Å²) in [6.07, 6.45) is -4.83. The van der Waals surface area contributed by atoms with E-state index in [1.807, 2.05) is 0 Å². The summed E-state index contributed by atoms with van der Waals surface area (Å²) in [6.45, 7) is 0.904. The monoisotopic (exact) mass is 369 g/mol. The summed E-state index contributed by atoms with van der Waals surface area (Å²) in [5, 5.41) is 8.98. The van der Waals surface area contributed by atoms with Crippen LogP contribution < -0.4 is 0 Å². The topological polar surface area (TPSA) is 74.7 Å². The van der Waals surface area contributed by atoms with Crippen molar-refractivity contribution < 1.29 is 35.9 Å². The summed E-state index contributed by atoms with van der Waals surface area (Å²) in [4.78, 5) is 10.8. The van der Waals surface area contributed by atoms with Crippen LogP contribution in [0.4, 0.5) is 17.6 Å². The van der Waals surface area contributed by atoms with Crippen molar-refractivity contribution in [3.63, 3.8) is 0 Å². The van der Waals surface area contributed by atoms with Crippen molar-refractivity contribution in [2.45, 2.75) is 24.9 Å². The first-order valence-corrected chi connectivity index (χ1v) is 8.36. The number of carboxylic acid groups (broad SMARTS) is 1. The molecule has 0 amide bonds. The fourth-order valence-electron chi connectivity index (χ4n) is 2.98. The van der Waals surface area contributed by atoms with Crippen LogP contribution in [0.3, 0.4) is 0 Å². The third kappa shape index (κ3) is 3.25. The highest BCUT2D eigenvalue weighted by atomic mass is 32.2. The molecule has 0 bridgehead atoms. The highest BCUT2D eigenvalue weighted by Crippen LogP contribution is 2.40. The largest absolute Gasteiger partial charge is 0.481 e. The summed E-state index contributed by atoms with van der Waals surface area (Å²) >= 11 is 0. The van der Waals surface area contributed by atoms with Crippen molar-refractivity contribution in [2.75, 3.05) is 13.1 Å². The molecular weight excluding hydrogens is 354 g/mol. The van der Waals surface area contributed by atoms with Crippen LogP contribution >= 0.6 is 0 Å². The molecule has 1 aliphatic rings. The minimum atomic E-state index is -4.83. The SMILES string of the molecule is Cc1cc(F)cc(C)c1S(=O)(=O)N1C[C@@H](C(F)(F)F)[C@H](C(=O)O)C1. The average molecular weight is 369 g/mol. The van der Waals surface area contributed by atoms with E-state index in [1.54, 1.807) is 0 Å². The summed E-state index contributed by atoms with van der Waals surface area (Å²) in [7, 11) is -4.37. The Morgan fingerprint density at radius 3 is 2.08 bits per heavy atom. The normalized spacial score (nSPS) is 22.8. The van der Waals surface area contributed by atoms with Gasteiger partial charge >= 0.3 is 12.1 Å². The maximum absolute atomic E-state index is 13.3. The lowest BCUT2D eigenvalue weighted by Crippen LogP contribution is -2.34. The Hall–Kier alpha value is -1.68. The molecule has 1 heterocycles. The molecule has 0 unspecified atom stereocenters. The van der Waals surface area contributed by atoms with Crippen molar-refractivity contribution >= 4 is 16.0 Å². The van der Waals surface area contributed by atoms with E-state index in [0.717, 1.165) is 12.1 Å². The number of benzene rings is 1. The first-order chi connectivity index (χ1) is 10.9. The molecule has 10 heteroatoms. The third-order valence-electron chi connectivity index (χ3n) is 4.05. The molecule has 0 saturated carbocycles. The predicted octanol–water partition coefficient (Wildman–Crippen LogP) is 2.33. The maximum Gasteiger partial charge on any atom is 0.393 e. The standard InChI is InChI=1S/C14H15F4NO4S/c1-7-3-9(15)4-8(2)12(7)24(22,23)19-5-10(13(20)21)11(6-19)14(16,17)18/h3-4,10-11H,5-6H2,1-2H3,(H,20,21)/t10-,11-/m1/s1. The van der Waals surface area contributed by atoms with E-state index in [-0.39, 0.29) is 16.0 Å². The van der Waals surface area contributed by atoms with E-state index < -0.39 is 52.9 Å². The van der Waals surface area contributed by atoms with E-state index >= 15 is 0 Å². The van der Waals surface area contributed by atoms with Gasteiger partial charge in [-0.05, 0) is 37.1 Å². The number of hydrogen-bond donors (Lipinski definition) is 1. The lowest BCUT2D eigenvalue weighted by molar-refractivity contribution is -0.187. The molecule has 1 saturated heterocycles. The Labute approximate surface area is 135 Å². The van der Waals surface area contributed by atoms with Gasteiger partial charge in [0.25, 0.3) is 0 Å². The van der Waals surface area contributed by atoms with Gasteiger partial charge in [0.2, 0.25) is 10.0 Å². The van der Waals surface area contributed by atoms with Crippen LogP contribution in [0, 0.1) is 31.5 Å². The van der Waals surface area contributed by atoms with Crippen LogP contribution in [0.25, 0.3) is 0 Å². The number of aliphatic carboxylic acids is 1. The first kappa shape index (κ1) is 18.7. The molecule has 1 N–H and O–H groups in total. The molecule has 1 aromatic rings. The zero-order chi connectivity index (χ0) is 18.4. The number of nitrogens with zero attached hydrogens (tertiary/aromatic N) is 1. The minimum Gasteiger partial charge on any atom is -0.481 e. The van der Waals surface area contributed by atoms with Gasteiger partial charge in [0.15, 0.2) is 0 Å². The molecule has 1 aromatic carbocycles. The van der Waals surface area contributed by atoms with Crippen molar-refractivity contribution in [3.05, 3.63) is 29.1 Å². The lowest BCUT2D eigenvalue weighted by atomic mass is 9.96. The van der Waals surface area contributed by atoms with Crippen molar-refractivity contribution in [1.82, 2.24) is 4.31 Å². The van der Waals surface area contributed by atoms with E-state index in [9.17, 15) is 30.8 Å². The maximum atomic E-state index is 13.3. The second kappa shape index (κ2) is 5.99. The Balaban J connectivity index is 2.47. The third-order valence-corrected chi connectivity index (χ3v) is 6.18. The molecule has 0 aliphatic carbocycles. The number of carbonyl (C=O) groups is 1. The van der Waals surface area contributed by atoms with Gasteiger partial charge in [0.05, 0.1) is 16.7 Å². The zero-order valence-corrected chi connectivity index (χ0v) is 13.6. The van der Waals surface area contributed by atoms with Crippen molar-refractivity contribution in [3.8, 4) is 0 Å². The lowest BCUT2D eigenvalue weighted by Gasteiger charge is -2.20. The van der Waals surface area contributed by atoms with Gasteiger partial charge in [0, 0.05) is 13.1 Å². The summed E-state index contributed by atoms with van der Waals surface area (Å²) in [6, 6.07) is 1.93. The number of carboxylic acids is 1. The highest BCUT2D eigenvalue weighted by molar-refractivity contribution is 7.89. The molecule has 1 aliphatic heterocycles. The number of sulfonamides is 1. The van der Waals surface area contributed by atoms with Crippen LogP contribution in [0.5, 0.6) is 0 Å². The van der Waals surface area contributed by atoms with Crippen molar-refractivity contribution in [1.29, 1.82) is 0 Å². The summed E-state index contributed by atoms with van der Waals surface area (Å²) in [5.74, 6) is -6.53. The van der Waals surface area contributed by atoms with Gasteiger partial charge in [-0.25, -0.2) is 12.8 Å². The Bertz CT molecular complexity index is 752. The summed E-state index contributed by atoms with van der Waals surface area (Å²) in [5.41, 5.74) is 0.102. The molecule has 0 radical (unpaired) electrons. The summed E-state index contributed by atoms with van der Waals surface area (Å²) < 4.78 is 78.2. The Kier molecular flexibility index (Phi) is 4.66. The van der Waals surface area contributed by atoms with Crippen molar-refractivity contribution in [2.24, 2.45) is 11.8 Å². The van der Waals surface area contributed by atoms with E-state index in [0.29, 0.717) is 4.31 Å². The molecule has 2 rings (SSSR count).